The van der Waals surface area contributed by atoms with E-state index in [1.165, 1.54) is 56.7 Å². The van der Waals surface area contributed by atoms with Gasteiger partial charge in [-0.1, -0.05) is 17.7 Å². The van der Waals surface area contributed by atoms with Gasteiger partial charge in [-0.05, 0) is 54.6 Å². The number of carbonyl (C=O) groups is 3. The quantitative estimate of drug-likeness (QED) is 0.521. The molecule has 7 nitrogen and oxygen atoms in total. The highest BCUT2D eigenvalue weighted by atomic mass is 35.5. The fraction of sp³-hybridized carbons (Fsp3) is 0.0870. The van der Waals surface area contributed by atoms with Crippen molar-refractivity contribution >= 4 is 40.8 Å². The molecule has 32 heavy (non-hydrogen) atoms. The fourth-order valence-corrected chi connectivity index (χ4v) is 3.01. The first-order valence-corrected chi connectivity index (χ1v) is 9.64. The van der Waals surface area contributed by atoms with Gasteiger partial charge < -0.3 is 20.1 Å². The maximum absolute atomic E-state index is 14.1. The number of hydrogen-bond acceptors (Lipinski definition) is 5. The molecular formula is C23H18ClFN2O5. The second-order valence-corrected chi connectivity index (χ2v) is 6.96. The molecule has 2 amide bonds. The molecule has 0 fully saturated rings. The highest BCUT2D eigenvalue weighted by Crippen LogP contribution is 2.29. The van der Waals surface area contributed by atoms with Crippen LogP contribution in [-0.4, -0.2) is 32.0 Å². The Morgan fingerprint density at radius 2 is 1.62 bits per heavy atom. The van der Waals surface area contributed by atoms with Gasteiger partial charge in [-0.2, -0.15) is 0 Å². The Morgan fingerprint density at radius 3 is 2.31 bits per heavy atom. The van der Waals surface area contributed by atoms with Gasteiger partial charge >= 0.3 is 5.97 Å². The highest BCUT2D eigenvalue weighted by Gasteiger charge is 2.16. The lowest BCUT2D eigenvalue weighted by molar-refractivity contribution is 0.0600. The van der Waals surface area contributed by atoms with Gasteiger partial charge in [-0.25, -0.2) is 9.18 Å². The van der Waals surface area contributed by atoms with Crippen LogP contribution in [0.3, 0.4) is 0 Å². The van der Waals surface area contributed by atoms with E-state index in [1.807, 2.05) is 0 Å². The summed E-state index contributed by atoms with van der Waals surface area (Å²) >= 11 is 5.73. The normalized spacial score (nSPS) is 10.2. The highest BCUT2D eigenvalue weighted by molar-refractivity contribution is 6.30. The zero-order valence-electron chi connectivity index (χ0n) is 17.1. The van der Waals surface area contributed by atoms with Crippen LogP contribution in [0.4, 0.5) is 15.8 Å². The summed E-state index contributed by atoms with van der Waals surface area (Å²) in [5.41, 5.74) is 0.815. The van der Waals surface area contributed by atoms with Crippen molar-refractivity contribution in [3.05, 3.63) is 88.2 Å². The zero-order valence-corrected chi connectivity index (χ0v) is 17.8. The Hall–Kier alpha value is -3.91. The molecule has 0 bridgehead atoms. The van der Waals surface area contributed by atoms with E-state index >= 15 is 0 Å². The van der Waals surface area contributed by atoms with Crippen LogP contribution >= 0.6 is 11.6 Å². The maximum Gasteiger partial charge on any atom is 0.337 e. The molecule has 0 atom stereocenters. The molecule has 0 spiro atoms. The van der Waals surface area contributed by atoms with Crippen molar-refractivity contribution in [2.75, 3.05) is 24.9 Å². The van der Waals surface area contributed by atoms with Crippen LogP contribution in [0, 0.1) is 5.82 Å². The van der Waals surface area contributed by atoms with Crippen molar-refractivity contribution in [2.24, 2.45) is 0 Å². The second kappa shape index (κ2) is 9.93. The molecule has 0 aliphatic rings. The minimum atomic E-state index is -0.774. The molecule has 3 aromatic carbocycles. The average Bonchev–Trinajstić information content (AvgIpc) is 2.78. The van der Waals surface area contributed by atoms with Gasteiger partial charge in [0.2, 0.25) is 0 Å². The summed E-state index contributed by atoms with van der Waals surface area (Å²) in [6.07, 6.45) is 0. The number of methoxy groups -OCH3 is 2. The molecule has 0 saturated heterocycles. The molecule has 0 aliphatic heterocycles. The molecule has 0 saturated carbocycles. The molecule has 9 heteroatoms. The predicted molar refractivity (Wildman–Crippen MR) is 118 cm³/mol. The van der Waals surface area contributed by atoms with Crippen LogP contribution in [-0.2, 0) is 4.74 Å². The third-order valence-electron chi connectivity index (χ3n) is 4.43. The summed E-state index contributed by atoms with van der Waals surface area (Å²) < 4.78 is 24.0. The first kappa shape index (κ1) is 22.8. The number of halogens is 2. The van der Waals surface area contributed by atoms with Gasteiger partial charge in [0.25, 0.3) is 11.8 Å². The molecule has 0 aliphatic carbocycles. The van der Waals surface area contributed by atoms with Crippen molar-refractivity contribution in [2.45, 2.75) is 0 Å². The number of amides is 2. The van der Waals surface area contributed by atoms with E-state index in [0.29, 0.717) is 11.4 Å². The molecule has 0 heterocycles. The Bertz CT molecular complexity index is 1200. The molecule has 3 aromatic rings. The number of anilines is 2. The lowest BCUT2D eigenvalue weighted by Crippen LogP contribution is -2.16. The lowest BCUT2D eigenvalue weighted by Gasteiger charge is -2.13. The van der Waals surface area contributed by atoms with E-state index in [-0.39, 0.29) is 27.4 Å². The van der Waals surface area contributed by atoms with Crippen molar-refractivity contribution in [1.82, 2.24) is 0 Å². The largest absolute Gasteiger partial charge is 0.495 e. The van der Waals surface area contributed by atoms with E-state index in [2.05, 4.69) is 15.4 Å². The Balaban J connectivity index is 1.82. The average molecular weight is 457 g/mol. The zero-order chi connectivity index (χ0) is 23.3. The minimum Gasteiger partial charge on any atom is -0.495 e. The number of carbonyl (C=O) groups excluding carboxylic acids is 3. The van der Waals surface area contributed by atoms with Gasteiger partial charge in [0.05, 0.1) is 31.0 Å². The maximum atomic E-state index is 14.1. The topological polar surface area (TPSA) is 93.7 Å². The Labute approximate surface area is 188 Å². The van der Waals surface area contributed by atoms with Crippen molar-refractivity contribution in [3.8, 4) is 5.75 Å². The first-order valence-electron chi connectivity index (χ1n) is 9.26. The molecule has 0 radical (unpaired) electrons. The van der Waals surface area contributed by atoms with E-state index in [0.717, 1.165) is 6.07 Å². The summed E-state index contributed by atoms with van der Waals surface area (Å²) in [5.74, 6) is -2.24. The van der Waals surface area contributed by atoms with E-state index < -0.39 is 23.6 Å². The Morgan fingerprint density at radius 1 is 0.875 bits per heavy atom. The summed E-state index contributed by atoms with van der Waals surface area (Å²) in [7, 11) is 2.66. The monoisotopic (exact) mass is 456 g/mol. The molecule has 0 unspecified atom stereocenters. The summed E-state index contributed by atoms with van der Waals surface area (Å²) in [6.45, 7) is 0. The smallest absolute Gasteiger partial charge is 0.337 e. The van der Waals surface area contributed by atoms with Gasteiger partial charge in [-0.3, -0.25) is 9.59 Å². The van der Waals surface area contributed by atoms with Crippen molar-refractivity contribution in [1.29, 1.82) is 0 Å². The van der Waals surface area contributed by atoms with Crippen molar-refractivity contribution < 1.29 is 28.2 Å². The summed E-state index contributed by atoms with van der Waals surface area (Å²) in [5, 5.41) is 5.40. The van der Waals surface area contributed by atoms with Gasteiger partial charge in [-0.15, -0.1) is 0 Å². The molecule has 2 N–H and O–H groups in total. The van der Waals surface area contributed by atoms with E-state index in [1.54, 1.807) is 12.1 Å². The number of ether oxygens (including phenoxy) is 2. The van der Waals surface area contributed by atoms with Gasteiger partial charge in [0.15, 0.2) is 0 Å². The van der Waals surface area contributed by atoms with Crippen molar-refractivity contribution in [3.63, 3.8) is 0 Å². The molecule has 0 aromatic heterocycles. The number of rotatable bonds is 6. The SMILES string of the molecule is COC(=O)c1cccc(C(=O)Nc2ccc(OC)c(NC(=O)c3ccc(Cl)cc3F)c2)c1. The standard InChI is InChI=1S/C23H18ClFN2O5/c1-31-20-9-7-16(26-21(28)13-4-3-5-14(10-13)23(30)32-2)12-19(20)27-22(29)17-8-6-15(24)11-18(17)25/h3-12H,1-2H3,(H,26,28)(H,27,29). The van der Waals surface area contributed by atoms with Gasteiger partial charge in [0, 0.05) is 16.3 Å². The third-order valence-corrected chi connectivity index (χ3v) is 4.66. The fourth-order valence-electron chi connectivity index (χ4n) is 2.86. The van der Waals surface area contributed by atoms with Gasteiger partial charge in [0.1, 0.15) is 11.6 Å². The van der Waals surface area contributed by atoms with Crippen LogP contribution in [0.15, 0.2) is 60.7 Å². The lowest BCUT2D eigenvalue weighted by atomic mass is 10.1. The second-order valence-electron chi connectivity index (χ2n) is 6.52. The van der Waals surface area contributed by atoms with E-state index in [9.17, 15) is 18.8 Å². The van der Waals surface area contributed by atoms with Crippen LogP contribution < -0.4 is 15.4 Å². The number of hydrogen-bond donors (Lipinski definition) is 2. The molecule has 3 rings (SSSR count). The predicted octanol–water partition coefficient (Wildman–Crippen LogP) is 4.78. The van der Waals surface area contributed by atoms with Crippen LogP contribution in [0.2, 0.25) is 5.02 Å². The number of benzene rings is 3. The molecule has 164 valence electrons. The first-order chi connectivity index (χ1) is 15.3. The van der Waals surface area contributed by atoms with Crippen LogP contribution in [0.25, 0.3) is 0 Å². The van der Waals surface area contributed by atoms with Crippen LogP contribution in [0.5, 0.6) is 5.75 Å². The molecular weight excluding hydrogens is 439 g/mol. The number of nitrogens with one attached hydrogen (secondary N) is 2. The number of esters is 1. The summed E-state index contributed by atoms with van der Waals surface area (Å²) in [4.78, 5) is 36.8. The minimum absolute atomic E-state index is 0.164. The van der Waals surface area contributed by atoms with Crippen LogP contribution in [0.1, 0.15) is 31.1 Å². The summed E-state index contributed by atoms with van der Waals surface area (Å²) in [6, 6.07) is 14.3. The Kier molecular flexibility index (Phi) is 7.07. The van der Waals surface area contributed by atoms with E-state index in [4.69, 9.17) is 16.3 Å². The third kappa shape index (κ3) is 5.22.